The van der Waals surface area contributed by atoms with Gasteiger partial charge in [0.25, 0.3) is 0 Å². The van der Waals surface area contributed by atoms with Crippen LogP contribution in [0.25, 0.3) is 0 Å². The summed E-state index contributed by atoms with van der Waals surface area (Å²) in [5, 5.41) is 2.98. The molecule has 1 saturated heterocycles. The Hall–Kier alpha value is -3.12. The van der Waals surface area contributed by atoms with Crippen LogP contribution in [0.2, 0.25) is 0 Å². The topological polar surface area (TPSA) is 130 Å². The number of ether oxygens (including phenoxy) is 1. The molecule has 3 saturated carbocycles. The van der Waals surface area contributed by atoms with Gasteiger partial charge in [-0.3, -0.25) is 19.2 Å². The quantitative estimate of drug-likeness (QED) is 0.248. The third-order valence-corrected chi connectivity index (χ3v) is 11.9. The zero-order chi connectivity index (χ0) is 33.4. The maximum Gasteiger partial charge on any atom is 0.306 e. The van der Waals surface area contributed by atoms with Crippen LogP contribution in [0.1, 0.15) is 78.6 Å². The van der Waals surface area contributed by atoms with Gasteiger partial charge in [-0.1, -0.05) is 32.9 Å². The summed E-state index contributed by atoms with van der Waals surface area (Å²) in [7, 11) is -4.30. The summed E-state index contributed by atoms with van der Waals surface area (Å²) >= 11 is 0. The first-order chi connectivity index (χ1) is 21.7. The van der Waals surface area contributed by atoms with Crippen molar-refractivity contribution in [1.29, 1.82) is 0 Å². The van der Waals surface area contributed by atoms with Crippen LogP contribution in [0.4, 0.5) is 4.39 Å². The standard InChI is InChI=1S/C34H46FN3O7S/c1-5-23-17-34(23,32(42)36-19-22-13-14-22)18-29(39)28-20-37(46(43,44)26-12-8-9-24(35)15-26)21-38(28)31(41)27(33(2,3)4)16-30(40)45-25-10-6-7-11-25/h5,8-9,12,15,22-23,25,27-28H,1,6-7,10-11,13-14,16-21H2,2-4H3,(H,36,42)/t23-,27-,28+,34-/m1/s1. The molecule has 1 aromatic rings. The predicted octanol–water partition coefficient (Wildman–Crippen LogP) is 4.20. The largest absolute Gasteiger partial charge is 0.462 e. The molecular weight excluding hydrogens is 613 g/mol. The zero-order valence-electron chi connectivity index (χ0n) is 27.0. The lowest BCUT2D eigenvalue weighted by atomic mass is 9.77. The van der Waals surface area contributed by atoms with Gasteiger partial charge in [0.05, 0.1) is 29.3 Å². The molecule has 46 heavy (non-hydrogen) atoms. The molecule has 12 heteroatoms. The Kier molecular flexibility index (Phi) is 9.80. The molecule has 0 aromatic heterocycles. The summed E-state index contributed by atoms with van der Waals surface area (Å²) in [6, 6.07) is 3.36. The maximum atomic E-state index is 14.4. The smallest absolute Gasteiger partial charge is 0.306 e. The molecule has 10 nitrogen and oxygen atoms in total. The van der Waals surface area contributed by atoms with Crippen LogP contribution in [-0.4, -0.2) is 73.1 Å². The Morgan fingerprint density at radius 2 is 1.85 bits per heavy atom. The van der Waals surface area contributed by atoms with Gasteiger partial charge in [-0.2, -0.15) is 4.31 Å². The Bertz CT molecular complexity index is 1480. The number of benzene rings is 1. The van der Waals surface area contributed by atoms with E-state index in [2.05, 4.69) is 11.9 Å². The molecule has 1 N–H and O–H groups in total. The molecule has 1 aromatic carbocycles. The van der Waals surface area contributed by atoms with Gasteiger partial charge in [-0.05, 0) is 80.4 Å². The summed E-state index contributed by atoms with van der Waals surface area (Å²) < 4.78 is 48.1. The summed E-state index contributed by atoms with van der Waals surface area (Å²) in [5.74, 6) is -3.17. The van der Waals surface area contributed by atoms with Crippen molar-refractivity contribution in [2.24, 2.45) is 28.6 Å². The van der Waals surface area contributed by atoms with Crippen LogP contribution >= 0.6 is 0 Å². The second-order valence-electron chi connectivity index (χ2n) is 14.6. The lowest BCUT2D eigenvalue weighted by molar-refractivity contribution is -0.156. The summed E-state index contributed by atoms with van der Waals surface area (Å²) in [6.45, 7) is 9.00. The van der Waals surface area contributed by atoms with Crippen LogP contribution < -0.4 is 5.32 Å². The van der Waals surface area contributed by atoms with Crippen molar-refractivity contribution in [2.75, 3.05) is 19.8 Å². The molecule has 3 aliphatic carbocycles. The lowest BCUT2D eigenvalue weighted by Gasteiger charge is -2.34. The van der Waals surface area contributed by atoms with Crippen LogP contribution in [0.5, 0.6) is 0 Å². The summed E-state index contributed by atoms with van der Waals surface area (Å²) in [5.41, 5.74) is -1.74. The van der Waals surface area contributed by atoms with E-state index in [4.69, 9.17) is 4.74 Å². The number of allylic oxidation sites excluding steroid dienone is 1. The lowest BCUT2D eigenvalue weighted by Crippen LogP contribution is -2.49. The van der Waals surface area contributed by atoms with E-state index in [1.54, 1.807) is 6.08 Å². The van der Waals surface area contributed by atoms with Crippen molar-refractivity contribution >= 4 is 33.6 Å². The average Bonchev–Trinajstić information content (AvgIpc) is 3.83. The third-order valence-electron chi connectivity index (χ3n) is 10.1. The average molecular weight is 660 g/mol. The fraction of sp³-hybridized carbons (Fsp3) is 0.647. The molecule has 0 bridgehead atoms. The second kappa shape index (κ2) is 13.2. The van der Waals surface area contributed by atoms with Crippen molar-refractivity contribution in [2.45, 2.75) is 95.6 Å². The number of hydrogen-bond donors (Lipinski definition) is 1. The number of amides is 2. The molecule has 5 rings (SSSR count). The van der Waals surface area contributed by atoms with Gasteiger partial charge in [0, 0.05) is 19.5 Å². The predicted molar refractivity (Wildman–Crippen MR) is 168 cm³/mol. The van der Waals surface area contributed by atoms with Crippen LogP contribution in [0.15, 0.2) is 41.8 Å². The molecule has 0 unspecified atom stereocenters. The fourth-order valence-electron chi connectivity index (χ4n) is 6.79. The number of carbonyl (C=O) groups excluding carboxylic acids is 4. The number of nitrogens with zero attached hydrogens (tertiary/aromatic N) is 2. The number of halogens is 1. The van der Waals surface area contributed by atoms with Crippen molar-refractivity contribution in [3.8, 4) is 0 Å². The van der Waals surface area contributed by atoms with Crippen molar-refractivity contribution in [3.05, 3.63) is 42.7 Å². The minimum Gasteiger partial charge on any atom is -0.462 e. The van der Waals surface area contributed by atoms with E-state index in [1.807, 2.05) is 20.8 Å². The molecule has 1 aliphatic heterocycles. The van der Waals surface area contributed by atoms with Gasteiger partial charge in [0.1, 0.15) is 18.0 Å². The maximum absolute atomic E-state index is 14.4. The summed E-state index contributed by atoms with van der Waals surface area (Å²) in [6.07, 6.45) is 7.09. The van der Waals surface area contributed by atoms with E-state index in [0.717, 1.165) is 55.0 Å². The Balaban J connectivity index is 1.41. The van der Waals surface area contributed by atoms with Crippen molar-refractivity contribution in [1.82, 2.24) is 14.5 Å². The van der Waals surface area contributed by atoms with Gasteiger partial charge >= 0.3 is 5.97 Å². The van der Waals surface area contributed by atoms with E-state index in [9.17, 15) is 32.0 Å². The Morgan fingerprint density at radius 1 is 1.15 bits per heavy atom. The normalized spacial score (nSPS) is 26.0. The van der Waals surface area contributed by atoms with Crippen LogP contribution in [0.3, 0.4) is 0 Å². The highest BCUT2D eigenvalue weighted by Gasteiger charge is 2.60. The first kappa shape index (κ1) is 34.2. The van der Waals surface area contributed by atoms with Crippen molar-refractivity contribution < 1.29 is 36.7 Å². The molecular formula is C34H46FN3O7S. The highest BCUT2D eigenvalue weighted by molar-refractivity contribution is 7.89. The number of carbonyl (C=O) groups is 4. The highest BCUT2D eigenvalue weighted by atomic mass is 32.2. The number of sulfonamides is 1. The molecule has 252 valence electrons. The van der Waals surface area contributed by atoms with Crippen molar-refractivity contribution in [3.63, 3.8) is 0 Å². The molecule has 1 heterocycles. The number of rotatable bonds is 13. The molecule has 4 fully saturated rings. The SMILES string of the molecule is C=C[C@@H]1C[C@]1(CC(=O)[C@@H]1CN(S(=O)(=O)c2cccc(F)c2)CN1C(=O)[C@@H](CC(=O)OC1CCCC1)C(C)(C)C)C(=O)NCC1CC1. The van der Waals surface area contributed by atoms with E-state index in [1.165, 1.54) is 17.0 Å². The van der Waals surface area contributed by atoms with E-state index < -0.39 is 63.0 Å². The van der Waals surface area contributed by atoms with E-state index >= 15 is 0 Å². The minimum atomic E-state index is -4.30. The van der Waals surface area contributed by atoms with Crippen LogP contribution in [0, 0.1) is 34.4 Å². The molecule has 4 atom stereocenters. The Morgan fingerprint density at radius 3 is 2.43 bits per heavy atom. The monoisotopic (exact) mass is 659 g/mol. The van der Waals surface area contributed by atoms with Gasteiger partial charge in [-0.15, -0.1) is 6.58 Å². The number of Topliss-reactive ketones (excluding diaryl/α,β-unsaturated/α-hetero) is 1. The van der Waals surface area contributed by atoms with Gasteiger partial charge in [-0.25, -0.2) is 12.8 Å². The first-order valence-electron chi connectivity index (χ1n) is 16.3. The zero-order valence-corrected chi connectivity index (χ0v) is 27.8. The number of ketones is 1. The third kappa shape index (κ3) is 7.38. The first-order valence-corrected chi connectivity index (χ1v) is 17.8. The van der Waals surface area contributed by atoms with Gasteiger partial charge in [0.2, 0.25) is 21.8 Å². The minimum absolute atomic E-state index is 0.185. The fourth-order valence-corrected chi connectivity index (χ4v) is 8.21. The molecule has 0 spiro atoms. The Labute approximate surface area is 271 Å². The number of hydrogen-bond acceptors (Lipinski definition) is 7. The molecule has 2 amide bonds. The van der Waals surface area contributed by atoms with Gasteiger partial charge < -0.3 is 15.0 Å². The summed E-state index contributed by atoms with van der Waals surface area (Å²) in [4.78, 5) is 55.8. The molecule has 0 radical (unpaired) electrons. The van der Waals surface area contributed by atoms with E-state index in [0.29, 0.717) is 18.9 Å². The van der Waals surface area contributed by atoms with E-state index in [-0.39, 0.29) is 42.2 Å². The highest BCUT2D eigenvalue weighted by Crippen LogP contribution is 2.56. The molecule has 4 aliphatic rings. The number of nitrogens with one attached hydrogen (secondary N) is 1. The van der Waals surface area contributed by atoms with Crippen LogP contribution in [-0.2, 0) is 33.9 Å². The number of esters is 1. The second-order valence-corrected chi connectivity index (χ2v) is 16.5. The van der Waals surface area contributed by atoms with Gasteiger partial charge in [0.15, 0.2) is 5.78 Å².